The summed E-state index contributed by atoms with van der Waals surface area (Å²) >= 11 is 3.16. The molecule has 3 aromatic rings. The topological polar surface area (TPSA) is 73.8 Å². The molecule has 0 aliphatic heterocycles. The average molecular weight is 362 g/mol. The fourth-order valence-corrected chi connectivity index (χ4v) is 5.28. The highest BCUT2D eigenvalue weighted by Gasteiger charge is 2.23. The molecule has 0 saturated carbocycles. The molecule has 3 heterocycles. The van der Waals surface area contributed by atoms with Gasteiger partial charge in [-0.2, -0.15) is 4.98 Å². The van der Waals surface area contributed by atoms with Crippen LogP contribution in [-0.4, -0.2) is 19.7 Å². The van der Waals surface area contributed by atoms with Gasteiger partial charge in [-0.15, -0.1) is 11.3 Å². The number of hydrogen-bond donors (Lipinski definition) is 0. The van der Waals surface area contributed by atoms with E-state index in [0.29, 0.717) is 24.0 Å². The molecule has 0 atom stereocenters. The van der Waals surface area contributed by atoms with Crippen molar-refractivity contribution in [2.75, 3.05) is 0 Å². The Morgan fingerprint density at radius 3 is 2.96 bits per heavy atom. The molecule has 0 unspecified atom stereocenters. The monoisotopic (exact) mass is 362 g/mol. The summed E-state index contributed by atoms with van der Waals surface area (Å²) in [5.41, 5.74) is 1.34. The number of hydrogen-bond acceptors (Lipinski definition) is 7. The summed E-state index contributed by atoms with van der Waals surface area (Å²) in [5.74, 6) is 1.70. The van der Waals surface area contributed by atoms with Crippen molar-refractivity contribution in [2.24, 2.45) is 0 Å². The SMILES string of the molecule is CCCn1c(SCc2nc(C)no2)nc2sc3c(c2c1=O)CCC3. The first-order valence-electron chi connectivity index (χ1n) is 8.14. The lowest BCUT2D eigenvalue weighted by molar-refractivity contribution is 0.387. The van der Waals surface area contributed by atoms with E-state index in [4.69, 9.17) is 9.51 Å². The lowest BCUT2D eigenvalue weighted by Gasteiger charge is -2.10. The summed E-state index contributed by atoms with van der Waals surface area (Å²) in [6, 6.07) is 0. The van der Waals surface area contributed by atoms with Gasteiger partial charge < -0.3 is 4.52 Å². The summed E-state index contributed by atoms with van der Waals surface area (Å²) in [6.45, 7) is 4.55. The minimum atomic E-state index is 0.102. The molecule has 6 nitrogen and oxygen atoms in total. The maximum Gasteiger partial charge on any atom is 0.263 e. The highest BCUT2D eigenvalue weighted by molar-refractivity contribution is 7.98. The molecule has 0 N–H and O–H groups in total. The van der Waals surface area contributed by atoms with Gasteiger partial charge in [0.2, 0.25) is 5.89 Å². The maximum atomic E-state index is 13.0. The smallest absolute Gasteiger partial charge is 0.263 e. The van der Waals surface area contributed by atoms with Crippen molar-refractivity contribution in [1.29, 1.82) is 0 Å². The third kappa shape index (κ3) is 2.67. The number of aromatic nitrogens is 4. The number of nitrogens with zero attached hydrogens (tertiary/aromatic N) is 4. The van der Waals surface area contributed by atoms with Gasteiger partial charge in [-0.25, -0.2) is 4.98 Å². The van der Waals surface area contributed by atoms with Crippen LogP contribution in [0.5, 0.6) is 0 Å². The molecule has 1 aliphatic rings. The molecule has 126 valence electrons. The number of rotatable bonds is 5. The van der Waals surface area contributed by atoms with E-state index in [-0.39, 0.29) is 5.56 Å². The zero-order valence-electron chi connectivity index (χ0n) is 13.7. The molecule has 24 heavy (non-hydrogen) atoms. The molecule has 1 aliphatic carbocycles. The Hall–Kier alpha value is -1.67. The molecule has 0 fully saturated rings. The molecule has 0 bridgehead atoms. The van der Waals surface area contributed by atoms with Gasteiger partial charge in [0.15, 0.2) is 11.0 Å². The van der Waals surface area contributed by atoms with E-state index in [1.165, 1.54) is 22.2 Å². The minimum absolute atomic E-state index is 0.102. The van der Waals surface area contributed by atoms with Crippen LogP contribution in [0.25, 0.3) is 10.2 Å². The Balaban J connectivity index is 1.76. The zero-order valence-corrected chi connectivity index (χ0v) is 15.3. The van der Waals surface area contributed by atoms with Crippen molar-refractivity contribution in [3.05, 3.63) is 32.5 Å². The second kappa shape index (κ2) is 6.33. The van der Waals surface area contributed by atoms with Crippen LogP contribution in [0.1, 0.15) is 41.9 Å². The quantitative estimate of drug-likeness (QED) is 0.512. The molecule has 0 amide bonds. The van der Waals surface area contributed by atoms with E-state index in [0.717, 1.165) is 41.1 Å². The van der Waals surface area contributed by atoms with Gasteiger partial charge in [0, 0.05) is 11.4 Å². The Morgan fingerprint density at radius 2 is 2.21 bits per heavy atom. The lowest BCUT2D eigenvalue weighted by Crippen LogP contribution is -2.23. The maximum absolute atomic E-state index is 13.0. The van der Waals surface area contributed by atoms with Crippen LogP contribution in [0, 0.1) is 6.92 Å². The van der Waals surface area contributed by atoms with Crippen LogP contribution in [-0.2, 0) is 25.1 Å². The molecule has 3 aromatic heterocycles. The Labute approximate surface area is 147 Å². The van der Waals surface area contributed by atoms with Crippen molar-refractivity contribution in [1.82, 2.24) is 19.7 Å². The van der Waals surface area contributed by atoms with Crippen molar-refractivity contribution in [2.45, 2.75) is 57.0 Å². The highest BCUT2D eigenvalue weighted by atomic mass is 32.2. The first-order valence-corrected chi connectivity index (χ1v) is 9.94. The Kier molecular flexibility index (Phi) is 4.17. The van der Waals surface area contributed by atoms with Gasteiger partial charge in [-0.3, -0.25) is 9.36 Å². The average Bonchev–Trinajstić information content (AvgIpc) is 3.24. The van der Waals surface area contributed by atoms with Gasteiger partial charge in [0.1, 0.15) is 4.83 Å². The van der Waals surface area contributed by atoms with Gasteiger partial charge in [-0.1, -0.05) is 23.8 Å². The number of fused-ring (bicyclic) bond motifs is 3. The fourth-order valence-electron chi connectivity index (χ4n) is 3.11. The van der Waals surface area contributed by atoms with Crippen LogP contribution in [0.4, 0.5) is 0 Å². The van der Waals surface area contributed by atoms with Crippen LogP contribution >= 0.6 is 23.1 Å². The summed E-state index contributed by atoms with van der Waals surface area (Å²) in [5, 5.41) is 5.39. The van der Waals surface area contributed by atoms with Gasteiger partial charge in [-0.05, 0) is 38.2 Å². The first kappa shape index (κ1) is 15.8. The Morgan fingerprint density at radius 1 is 1.33 bits per heavy atom. The number of thiophene rings is 1. The number of thioether (sulfide) groups is 1. The van der Waals surface area contributed by atoms with Crippen LogP contribution in [0.15, 0.2) is 14.5 Å². The summed E-state index contributed by atoms with van der Waals surface area (Å²) < 4.78 is 6.97. The number of aryl methyl sites for hydroxylation is 3. The van der Waals surface area contributed by atoms with E-state index in [2.05, 4.69) is 17.1 Å². The van der Waals surface area contributed by atoms with Crippen LogP contribution in [0.2, 0.25) is 0 Å². The minimum Gasteiger partial charge on any atom is -0.338 e. The summed E-state index contributed by atoms with van der Waals surface area (Å²) in [6.07, 6.45) is 4.13. The van der Waals surface area contributed by atoms with E-state index in [9.17, 15) is 4.79 Å². The van der Waals surface area contributed by atoms with Crippen LogP contribution in [0.3, 0.4) is 0 Å². The third-order valence-electron chi connectivity index (χ3n) is 4.13. The molecule has 0 aromatic carbocycles. The van der Waals surface area contributed by atoms with E-state index in [1.54, 1.807) is 18.3 Å². The van der Waals surface area contributed by atoms with Gasteiger partial charge in [0.05, 0.1) is 11.1 Å². The molecule has 4 rings (SSSR count). The second-order valence-electron chi connectivity index (χ2n) is 5.91. The first-order chi connectivity index (χ1) is 11.7. The van der Waals surface area contributed by atoms with E-state index in [1.807, 2.05) is 4.57 Å². The standard InChI is InChI=1S/C16H18N4O2S2/c1-3-7-20-15(21)13-10-5-4-6-11(10)24-14(13)18-16(20)23-8-12-17-9(2)19-22-12/h3-8H2,1-2H3. The highest BCUT2D eigenvalue weighted by Crippen LogP contribution is 2.35. The van der Waals surface area contributed by atoms with Crippen molar-refractivity contribution < 1.29 is 4.52 Å². The van der Waals surface area contributed by atoms with E-state index < -0.39 is 0 Å². The third-order valence-corrected chi connectivity index (χ3v) is 6.28. The molecule has 8 heteroatoms. The predicted molar refractivity (Wildman–Crippen MR) is 94.8 cm³/mol. The lowest BCUT2D eigenvalue weighted by atomic mass is 10.2. The molecule has 0 saturated heterocycles. The molecular formula is C16H18N4O2S2. The molecule has 0 radical (unpaired) electrons. The largest absolute Gasteiger partial charge is 0.338 e. The fraction of sp³-hybridized carbons (Fsp3) is 0.500. The normalized spacial score (nSPS) is 13.8. The zero-order chi connectivity index (χ0) is 16.7. The molecular weight excluding hydrogens is 344 g/mol. The van der Waals surface area contributed by atoms with Crippen LogP contribution < -0.4 is 5.56 Å². The van der Waals surface area contributed by atoms with Gasteiger partial charge in [0.25, 0.3) is 5.56 Å². The Bertz CT molecular complexity index is 957. The molecule has 0 spiro atoms. The summed E-state index contributed by atoms with van der Waals surface area (Å²) in [4.78, 5) is 24.3. The van der Waals surface area contributed by atoms with Crippen molar-refractivity contribution in [3.63, 3.8) is 0 Å². The van der Waals surface area contributed by atoms with Gasteiger partial charge >= 0.3 is 0 Å². The second-order valence-corrected chi connectivity index (χ2v) is 7.94. The van der Waals surface area contributed by atoms with Crippen molar-refractivity contribution >= 4 is 33.3 Å². The summed E-state index contributed by atoms with van der Waals surface area (Å²) in [7, 11) is 0. The predicted octanol–water partition coefficient (Wildman–Crippen LogP) is 3.34. The van der Waals surface area contributed by atoms with Crippen molar-refractivity contribution in [3.8, 4) is 0 Å². The van der Waals surface area contributed by atoms with E-state index >= 15 is 0 Å².